The summed E-state index contributed by atoms with van der Waals surface area (Å²) in [6.45, 7) is 1.85. The fraction of sp³-hybridized carbons (Fsp3) is 0.278. The molecule has 124 valence electrons. The van der Waals surface area contributed by atoms with E-state index in [1.54, 1.807) is 42.6 Å². The molecule has 0 bridgehead atoms. The van der Waals surface area contributed by atoms with Crippen molar-refractivity contribution in [2.24, 2.45) is 0 Å². The van der Waals surface area contributed by atoms with E-state index in [-0.39, 0.29) is 0 Å². The molecule has 6 heteroatoms. The summed E-state index contributed by atoms with van der Waals surface area (Å²) in [4.78, 5) is 30.7. The molecule has 3 rings (SSSR count). The van der Waals surface area contributed by atoms with Crippen LogP contribution in [0, 0.1) is 0 Å². The number of urea groups is 1. The smallest absolute Gasteiger partial charge is 0.326 e. The Bertz CT molecular complexity index is 712. The molecule has 0 radical (unpaired) electrons. The predicted octanol–water partition coefficient (Wildman–Crippen LogP) is 3.03. The van der Waals surface area contributed by atoms with Crippen LogP contribution in [0.3, 0.4) is 0 Å². The highest BCUT2D eigenvalue weighted by Crippen LogP contribution is 2.25. The van der Waals surface area contributed by atoms with Gasteiger partial charge >= 0.3 is 6.03 Å². The van der Waals surface area contributed by atoms with Gasteiger partial charge in [0.15, 0.2) is 5.82 Å². The lowest BCUT2D eigenvalue weighted by atomic mass is 10.1. The normalized spacial score (nSPS) is 14.1. The zero-order chi connectivity index (χ0) is 16.8. The summed E-state index contributed by atoms with van der Waals surface area (Å²) in [6, 6.07) is 11.6. The number of carbonyl (C=O) groups excluding carboxylic acids is 2. The molecule has 3 amide bonds. The van der Waals surface area contributed by atoms with Crippen molar-refractivity contribution in [2.45, 2.75) is 19.3 Å². The lowest BCUT2D eigenvalue weighted by Crippen LogP contribution is -2.36. The standard InChI is InChI=1S/C18H20N4O2/c23-17(14-8-3-1-4-9-14)21-18(24)20-15-10-7-11-19-16(15)22-12-5-2-6-13-22/h1,3-4,7-11H,2,5-6,12-13H2,(H2,20,21,23,24). The SMILES string of the molecule is O=C(NC(=O)c1ccccc1)Nc1cccnc1N1CCCCC1. The van der Waals surface area contributed by atoms with Gasteiger partial charge in [0.1, 0.15) is 0 Å². The molecule has 1 aliphatic heterocycles. The Kier molecular flexibility index (Phi) is 5.05. The third kappa shape index (κ3) is 3.90. The average molecular weight is 324 g/mol. The van der Waals surface area contributed by atoms with E-state index in [4.69, 9.17) is 0 Å². The second-order valence-corrected chi connectivity index (χ2v) is 5.70. The third-order valence-corrected chi connectivity index (χ3v) is 3.95. The Balaban J connectivity index is 1.67. The molecule has 1 saturated heterocycles. The number of anilines is 2. The van der Waals surface area contributed by atoms with Crippen molar-refractivity contribution in [2.75, 3.05) is 23.3 Å². The Morgan fingerprint density at radius 2 is 1.71 bits per heavy atom. The van der Waals surface area contributed by atoms with Gasteiger partial charge in [0.2, 0.25) is 0 Å². The molecule has 0 atom stereocenters. The topological polar surface area (TPSA) is 74.3 Å². The molecule has 2 N–H and O–H groups in total. The third-order valence-electron chi connectivity index (χ3n) is 3.95. The largest absolute Gasteiger partial charge is 0.355 e. The summed E-state index contributed by atoms with van der Waals surface area (Å²) >= 11 is 0. The van der Waals surface area contributed by atoms with E-state index in [0.717, 1.165) is 31.7 Å². The van der Waals surface area contributed by atoms with Crippen LogP contribution in [-0.2, 0) is 0 Å². The maximum Gasteiger partial charge on any atom is 0.326 e. The number of hydrogen-bond acceptors (Lipinski definition) is 4. The number of hydrogen-bond donors (Lipinski definition) is 2. The number of pyridine rings is 1. The van der Waals surface area contributed by atoms with Crippen molar-refractivity contribution in [1.82, 2.24) is 10.3 Å². The van der Waals surface area contributed by atoms with Crippen LogP contribution in [0.2, 0.25) is 0 Å². The Morgan fingerprint density at radius 1 is 0.958 bits per heavy atom. The van der Waals surface area contributed by atoms with Gasteiger partial charge in [0.25, 0.3) is 5.91 Å². The second-order valence-electron chi connectivity index (χ2n) is 5.70. The minimum atomic E-state index is -0.560. The number of nitrogens with zero attached hydrogens (tertiary/aromatic N) is 2. The lowest BCUT2D eigenvalue weighted by molar-refractivity contribution is 0.0967. The van der Waals surface area contributed by atoms with Gasteiger partial charge in [-0.05, 0) is 43.5 Å². The summed E-state index contributed by atoms with van der Waals surface area (Å²) in [5.74, 6) is 0.316. The molecule has 1 fully saturated rings. The van der Waals surface area contributed by atoms with E-state index in [1.807, 2.05) is 6.07 Å². The highest BCUT2D eigenvalue weighted by molar-refractivity contribution is 6.08. The Hall–Kier alpha value is -2.89. The molecule has 0 aliphatic carbocycles. The molecule has 24 heavy (non-hydrogen) atoms. The Morgan fingerprint density at radius 3 is 2.46 bits per heavy atom. The van der Waals surface area contributed by atoms with Gasteiger partial charge in [-0.25, -0.2) is 9.78 Å². The predicted molar refractivity (Wildman–Crippen MR) is 93.2 cm³/mol. The fourth-order valence-electron chi connectivity index (χ4n) is 2.77. The first-order valence-corrected chi connectivity index (χ1v) is 8.11. The maximum atomic E-state index is 12.1. The van der Waals surface area contributed by atoms with Crippen LogP contribution in [-0.4, -0.2) is 30.0 Å². The van der Waals surface area contributed by atoms with Crippen molar-refractivity contribution in [3.63, 3.8) is 0 Å². The van der Waals surface area contributed by atoms with Gasteiger partial charge in [-0.3, -0.25) is 10.1 Å². The van der Waals surface area contributed by atoms with Crippen LogP contribution in [0.15, 0.2) is 48.7 Å². The van der Waals surface area contributed by atoms with Crippen molar-refractivity contribution in [3.8, 4) is 0 Å². The average Bonchev–Trinajstić information content (AvgIpc) is 2.63. The number of nitrogens with one attached hydrogen (secondary N) is 2. The Labute approximate surface area is 140 Å². The number of piperidine rings is 1. The maximum absolute atomic E-state index is 12.1. The minimum absolute atomic E-state index is 0.434. The van der Waals surface area contributed by atoms with E-state index >= 15 is 0 Å². The highest BCUT2D eigenvalue weighted by atomic mass is 16.2. The van der Waals surface area contributed by atoms with E-state index in [9.17, 15) is 9.59 Å². The summed E-state index contributed by atoms with van der Waals surface area (Å²) in [5.41, 5.74) is 1.05. The molecule has 2 heterocycles. The van der Waals surface area contributed by atoms with Crippen LogP contribution >= 0.6 is 0 Å². The summed E-state index contributed by atoms with van der Waals surface area (Å²) in [5, 5.41) is 5.07. The second kappa shape index (κ2) is 7.59. The summed E-state index contributed by atoms with van der Waals surface area (Å²) in [7, 11) is 0. The van der Waals surface area contributed by atoms with Crippen LogP contribution in [0.25, 0.3) is 0 Å². The van der Waals surface area contributed by atoms with Crippen molar-refractivity contribution in [3.05, 3.63) is 54.2 Å². The summed E-state index contributed by atoms with van der Waals surface area (Å²) < 4.78 is 0. The molecule has 0 unspecified atom stereocenters. The molecular weight excluding hydrogens is 304 g/mol. The molecular formula is C18H20N4O2. The van der Waals surface area contributed by atoms with Crippen molar-refractivity contribution < 1.29 is 9.59 Å². The van der Waals surface area contributed by atoms with Gasteiger partial charge in [-0.1, -0.05) is 18.2 Å². The lowest BCUT2D eigenvalue weighted by Gasteiger charge is -2.29. The zero-order valence-electron chi connectivity index (χ0n) is 13.4. The number of aromatic nitrogens is 1. The summed E-state index contributed by atoms with van der Waals surface area (Å²) in [6.07, 6.45) is 5.17. The van der Waals surface area contributed by atoms with Gasteiger partial charge in [0, 0.05) is 24.8 Å². The van der Waals surface area contributed by atoms with E-state index in [0.29, 0.717) is 11.3 Å². The molecule has 0 spiro atoms. The highest BCUT2D eigenvalue weighted by Gasteiger charge is 2.17. The van der Waals surface area contributed by atoms with Crippen LogP contribution in [0.5, 0.6) is 0 Å². The first-order valence-electron chi connectivity index (χ1n) is 8.11. The molecule has 1 aromatic carbocycles. The minimum Gasteiger partial charge on any atom is -0.355 e. The molecule has 2 aromatic rings. The van der Waals surface area contributed by atoms with Crippen LogP contribution in [0.4, 0.5) is 16.3 Å². The quantitative estimate of drug-likeness (QED) is 0.910. The van der Waals surface area contributed by atoms with Gasteiger partial charge in [0.05, 0.1) is 5.69 Å². The van der Waals surface area contributed by atoms with Gasteiger partial charge in [-0.15, -0.1) is 0 Å². The fourth-order valence-corrected chi connectivity index (χ4v) is 2.77. The number of rotatable bonds is 3. The molecule has 1 aliphatic rings. The van der Waals surface area contributed by atoms with Crippen molar-refractivity contribution >= 4 is 23.4 Å². The van der Waals surface area contributed by atoms with Gasteiger partial charge < -0.3 is 10.2 Å². The zero-order valence-corrected chi connectivity index (χ0v) is 13.4. The van der Waals surface area contributed by atoms with E-state index in [2.05, 4.69) is 20.5 Å². The number of amides is 3. The van der Waals surface area contributed by atoms with Crippen LogP contribution < -0.4 is 15.5 Å². The first kappa shape index (κ1) is 16.0. The van der Waals surface area contributed by atoms with Gasteiger partial charge in [-0.2, -0.15) is 0 Å². The van der Waals surface area contributed by atoms with E-state index in [1.165, 1.54) is 6.42 Å². The monoisotopic (exact) mass is 324 g/mol. The first-order chi connectivity index (χ1) is 11.7. The number of imide groups is 1. The number of carbonyl (C=O) groups is 2. The number of benzene rings is 1. The van der Waals surface area contributed by atoms with E-state index < -0.39 is 11.9 Å². The molecule has 6 nitrogen and oxygen atoms in total. The van der Waals surface area contributed by atoms with Crippen LogP contribution in [0.1, 0.15) is 29.6 Å². The van der Waals surface area contributed by atoms with Crippen molar-refractivity contribution in [1.29, 1.82) is 0 Å². The molecule has 1 aromatic heterocycles. The molecule has 0 saturated carbocycles.